The molecule has 0 radical (unpaired) electrons. The van der Waals surface area contributed by atoms with Crippen LogP contribution in [0.5, 0.6) is 0 Å². The fourth-order valence-electron chi connectivity index (χ4n) is 0.777. The Balaban J connectivity index is 3.44. The van der Waals surface area contributed by atoms with Crippen LogP contribution in [0.1, 0.15) is 17.5 Å². The van der Waals surface area contributed by atoms with Crippen LogP contribution >= 0.6 is 31.9 Å². The molecule has 0 N–H and O–H groups in total. The summed E-state index contributed by atoms with van der Waals surface area (Å²) < 4.78 is 5.13. The summed E-state index contributed by atoms with van der Waals surface area (Å²) in [4.78, 5) is 20.7. The summed E-state index contributed by atoms with van der Waals surface area (Å²) in [6.07, 6.45) is 0. The largest absolute Gasteiger partial charge is 0.437 e. The van der Waals surface area contributed by atoms with E-state index < -0.39 is 10.7 Å². The maximum Gasteiger partial charge on any atom is 0.333 e. The highest BCUT2D eigenvalue weighted by atomic mass is 79.9. The Bertz CT molecular complexity index is 384. The van der Waals surface area contributed by atoms with Crippen molar-refractivity contribution in [2.24, 2.45) is 0 Å². The Morgan fingerprint density at radius 2 is 2.08 bits per heavy atom. The highest BCUT2D eigenvalue weighted by molar-refractivity contribution is 9.13. The summed E-state index contributed by atoms with van der Waals surface area (Å²) in [6, 6.07) is 0. The van der Waals surface area contributed by atoms with Crippen LogP contribution in [0.15, 0.2) is 13.6 Å². The molecule has 70 valence electrons. The van der Waals surface area contributed by atoms with Crippen LogP contribution in [0, 0.1) is 10.1 Å². The van der Waals surface area contributed by atoms with E-state index in [-0.39, 0.29) is 20.6 Å². The third kappa shape index (κ3) is 1.80. The molecular weight excluding hydrogens is 310 g/mol. The van der Waals surface area contributed by atoms with Crippen LogP contribution in [0.3, 0.4) is 0 Å². The predicted octanol–water partition coefficient (Wildman–Crippen LogP) is 2.92. The van der Waals surface area contributed by atoms with Crippen molar-refractivity contribution in [1.29, 1.82) is 0 Å². The van der Waals surface area contributed by atoms with E-state index in [4.69, 9.17) is 4.42 Å². The first-order valence-electron chi connectivity index (χ1n) is 3.08. The van der Waals surface area contributed by atoms with Crippen LogP contribution < -0.4 is 0 Å². The maximum atomic E-state index is 10.9. The number of hydrogen-bond acceptors (Lipinski definition) is 4. The molecule has 0 aliphatic carbocycles. The topological polar surface area (TPSA) is 73.3 Å². The summed E-state index contributed by atoms with van der Waals surface area (Å²) in [5, 5.41) is 10.5. The highest BCUT2D eigenvalue weighted by Gasteiger charge is 2.29. The summed E-state index contributed by atoms with van der Waals surface area (Å²) >= 11 is 5.87. The molecule has 0 spiro atoms. The van der Waals surface area contributed by atoms with E-state index in [0.717, 1.165) is 0 Å². The van der Waals surface area contributed by atoms with Crippen molar-refractivity contribution in [3.63, 3.8) is 0 Å². The van der Waals surface area contributed by atoms with Gasteiger partial charge in [-0.2, -0.15) is 0 Å². The van der Waals surface area contributed by atoms with Gasteiger partial charge < -0.3 is 4.42 Å². The molecule has 0 aliphatic rings. The molecule has 0 amide bonds. The number of rotatable bonds is 2. The lowest BCUT2D eigenvalue weighted by atomic mass is 10.3. The number of nitro groups is 1. The van der Waals surface area contributed by atoms with Gasteiger partial charge in [-0.1, -0.05) is 0 Å². The molecule has 1 aromatic rings. The van der Waals surface area contributed by atoms with Crippen molar-refractivity contribution >= 4 is 43.3 Å². The molecular formula is C6H3Br2NO4. The first-order chi connectivity index (χ1) is 5.95. The maximum absolute atomic E-state index is 10.9. The third-order valence-corrected chi connectivity index (χ3v) is 3.12. The van der Waals surface area contributed by atoms with Crippen LogP contribution in [0.4, 0.5) is 5.69 Å². The van der Waals surface area contributed by atoms with Gasteiger partial charge in [-0.05, 0) is 31.9 Å². The highest BCUT2D eigenvalue weighted by Crippen LogP contribution is 2.38. The lowest BCUT2D eigenvalue weighted by Crippen LogP contribution is -1.96. The molecule has 1 aromatic heterocycles. The number of Topliss-reactive ketones (excluding diaryl/α,β-unsaturated/α-hetero) is 1. The Labute approximate surface area is 89.5 Å². The number of carbonyl (C=O) groups is 1. The molecule has 0 atom stereocenters. The van der Waals surface area contributed by atoms with Gasteiger partial charge in [0.05, 0.1) is 4.92 Å². The molecule has 0 fully saturated rings. The van der Waals surface area contributed by atoms with E-state index in [1.54, 1.807) is 0 Å². The second-order valence-corrected chi connectivity index (χ2v) is 3.69. The lowest BCUT2D eigenvalue weighted by Gasteiger charge is -1.88. The molecule has 7 heteroatoms. The van der Waals surface area contributed by atoms with Gasteiger partial charge in [0.2, 0.25) is 11.5 Å². The molecule has 0 aliphatic heterocycles. The number of furan rings is 1. The van der Waals surface area contributed by atoms with Crippen LogP contribution in [-0.2, 0) is 0 Å². The zero-order valence-electron chi connectivity index (χ0n) is 6.34. The average molecular weight is 313 g/mol. The number of halogens is 2. The van der Waals surface area contributed by atoms with Crippen LogP contribution in [-0.4, -0.2) is 10.7 Å². The van der Waals surface area contributed by atoms with Gasteiger partial charge in [-0.15, -0.1) is 0 Å². The molecule has 1 rings (SSSR count). The predicted molar refractivity (Wildman–Crippen MR) is 50.8 cm³/mol. The smallest absolute Gasteiger partial charge is 0.333 e. The fourth-order valence-corrected chi connectivity index (χ4v) is 1.53. The monoisotopic (exact) mass is 311 g/mol. The molecule has 0 saturated heterocycles. The fraction of sp³-hybridized carbons (Fsp3) is 0.167. The van der Waals surface area contributed by atoms with Crippen LogP contribution in [0.2, 0.25) is 0 Å². The minimum absolute atomic E-state index is 0.141. The van der Waals surface area contributed by atoms with E-state index in [1.165, 1.54) is 6.92 Å². The Morgan fingerprint density at radius 3 is 2.38 bits per heavy atom. The van der Waals surface area contributed by atoms with Gasteiger partial charge in [0.1, 0.15) is 4.47 Å². The Hall–Kier alpha value is -0.690. The summed E-state index contributed by atoms with van der Waals surface area (Å²) in [7, 11) is 0. The van der Waals surface area contributed by atoms with Crippen molar-refractivity contribution in [2.45, 2.75) is 6.92 Å². The molecule has 0 unspecified atom stereocenters. The third-order valence-electron chi connectivity index (χ3n) is 1.29. The van der Waals surface area contributed by atoms with Gasteiger partial charge in [-0.3, -0.25) is 14.9 Å². The zero-order valence-corrected chi connectivity index (χ0v) is 9.51. The van der Waals surface area contributed by atoms with Gasteiger partial charge in [0, 0.05) is 6.92 Å². The number of carbonyl (C=O) groups excluding carboxylic acids is 1. The normalized spacial score (nSPS) is 10.1. The molecule has 0 bridgehead atoms. The van der Waals surface area contributed by atoms with Crippen molar-refractivity contribution in [3.8, 4) is 0 Å². The molecule has 0 saturated carbocycles. The first-order valence-corrected chi connectivity index (χ1v) is 4.67. The average Bonchev–Trinajstić information content (AvgIpc) is 2.28. The van der Waals surface area contributed by atoms with Gasteiger partial charge in [0.15, 0.2) is 4.67 Å². The standard InChI is InChI=1S/C6H3Br2NO4/c1-2(10)5-4(9(11)12)3(7)6(8)13-5/h1H3. The van der Waals surface area contributed by atoms with E-state index in [9.17, 15) is 14.9 Å². The van der Waals surface area contributed by atoms with Gasteiger partial charge in [-0.25, -0.2) is 0 Å². The zero-order chi connectivity index (χ0) is 10.2. The quantitative estimate of drug-likeness (QED) is 0.478. The summed E-state index contributed by atoms with van der Waals surface area (Å²) in [5.74, 6) is -0.748. The minimum atomic E-state index is -0.672. The Kier molecular flexibility index (Phi) is 2.87. The number of nitrogens with zero attached hydrogens (tertiary/aromatic N) is 1. The lowest BCUT2D eigenvalue weighted by molar-refractivity contribution is -0.386. The van der Waals surface area contributed by atoms with Gasteiger partial charge in [0.25, 0.3) is 0 Å². The molecule has 0 aromatic carbocycles. The SMILES string of the molecule is CC(=O)c1oc(Br)c(Br)c1[N+](=O)[O-]. The van der Waals surface area contributed by atoms with E-state index in [0.29, 0.717) is 0 Å². The second-order valence-electron chi connectivity index (χ2n) is 2.18. The second kappa shape index (κ2) is 3.59. The van der Waals surface area contributed by atoms with Crippen molar-refractivity contribution < 1.29 is 14.1 Å². The van der Waals surface area contributed by atoms with Crippen molar-refractivity contribution in [3.05, 3.63) is 25.0 Å². The summed E-state index contributed by atoms with van der Waals surface area (Å²) in [5.41, 5.74) is -0.348. The Morgan fingerprint density at radius 1 is 1.54 bits per heavy atom. The molecule has 13 heavy (non-hydrogen) atoms. The van der Waals surface area contributed by atoms with Crippen molar-refractivity contribution in [1.82, 2.24) is 0 Å². The van der Waals surface area contributed by atoms with Gasteiger partial charge >= 0.3 is 5.69 Å². The first kappa shape index (κ1) is 10.4. The molecule has 5 nitrogen and oxygen atoms in total. The number of ketones is 1. The van der Waals surface area contributed by atoms with E-state index >= 15 is 0 Å². The van der Waals surface area contributed by atoms with E-state index in [2.05, 4.69) is 31.9 Å². The van der Waals surface area contributed by atoms with Crippen LogP contribution in [0.25, 0.3) is 0 Å². The minimum Gasteiger partial charge on any atom is -0.437 e. The molecule has 1 heterocycles. The van der Waals surface area contributed by atoms with E-state index in [1.807, 2.05) is 0 Å². The van der Waals surface area contributed by atoms with Crippen molar-refractivity contribution in [2.75, 3.05) is 0 Å². The number of hydrogen-bond donors (Lipinski definition) is 0. The summed E-state index contributed by atoms with van der Waals surface area (Å²) in [6.45, 7) is 1.20.